The highest BCUT2D eigenvalue weighted by atomic mass is 16.5. The standard InChI is InChI=1S/C19H25NO6/c1-3-25-18(22)13-7-10-16(11-8-13)26-15-6-4-5-14(9-12-15)20-17(21)19(23)24-2/h4-5,9,12-13,16H,3,6-8,10-11H2,1-2H3,(H,20,21). The maximum absolute atomic E-state index is 11.8. The molecule has 2 aliphatic carbocycles. The Balaban J connectivity index is 1.85. The van der Waals surface area contributed by atoms with Gasteiger partial charge in [-0.2, -0.15) is 0 Å². The molecule has 1 N–H and O–H groups in total. The fourth-order valence-corrected chi connectivity index (χ4v) is 2.94. The topological polar surface area (TPSA) is 90.9 Å². The molecule has 2 aliphatic rings. The van der Waals surface area contributed by atoms with Crippen molar-refractivity contribution >= 4 is 17.8 Å². The van der Waals surface area contributed by atoms with Crippen LogP contribution in [-0.4, -0.2) is 37.7 Å². The van der Waals surface area contributed by atoms with Crippen molar-refractivity contribution in [1.82, 2.24) is 5.32 Å². The molecule has 2 rings (SSSR count). The monoisotopic (exact) mass is 363 g/mol. The quantitative estimate of drug-likeness (QED) is 0.594. The first-order valence-corrected chi connectivity index (χ1v) is 8.83. The van der Waals surface area contributed by atoms with Crippen molar-refractivity contribution in [2.75, 3.05) is 13.7 Å². The summed E-state index contributed by atoms with van der Waals surface area (Å²) in [6.07, 6.45) is 10.8. The molecule has 1 amide bonds. The third-order valence-corrected chi connectivity index (χ3v) is 4.31. The number of carbonyl (C=O) groups excluding carboxylic acids is 3. The Hall–Kier alpha value is -2.57. The van der Waals surface area contributed by atoms with E-state index in [1.807, 2.05) is 13.0 Å². The molecular formula is C19H25NO6. The average Bonchev–Trinajstić information content (AvgIpc) is 2.87. The summed E-state index contributed by atoms with van der Waals surface area (Å²) < 4.78 is 15.5. The predicted molar refractivity (Wildman–Crippen MR) is 93.5 cm³/mol. The van der Waals surface area contributed by atoms with Crippen molar-refractivity contribution in [2.24, 2.45) is 5.92 Å². The molecule has 1 fully saturated rings. The highest BCUT2D eigenvalue weighted by molar-refractivity contribution is 6.32. The van der Waals surface area contributed by atoms with Crippen LogP contribution in [0.5, 0.6) is 0 Å². The fourth-order valence-electron chi connectivity index (χ4n) is 2.94. The van der Waals surface area contributed by atoms with Gasteiger partial charge in [0, 0.05) is 12.1 Å². The van der Waals surface area contributed by atoms with E-state index in [9.17, 15) is 14.4 Å². The number of carbonyl (C=O) groups is 3. The van der Waals surface area contributed by atoms with Crippen molar-refractivity contribution in [3.8, 4) is 0 Å². The van der Waals surface area contributed by atoms with Gasteiger partial charge in [-0.15, -0.1) is 0 Å². The highest BCUT2D eigenvalue weighted by Gasteiger charge is 2.28. The van der Waals surface area contributed by atoms with Gasteiger partial charge in [0.1, 0.15) is 5.76 Å². The molecule has 0 aromatic heterocycles. The van der Waals surface area contributed by atoms with Gasteiger partial charge in [-0.05, 0) is 50.8 Å². The lowest BCUT2D eigenvalue weighted by molar-refractivity contribution is -0.152. The molecule has 0 aromatic carbocycles. The Kier molecular flexibility index (Phi) is 7.44. The van der Waals surface area contributed by atoms with Gasteiger partial charge in [-0.25, -0.2) is 4.79 Å². The largest absolute Gasteiger partial charge is 0.494 e. The molecule has 0 unspecified atom stereocenters. The first kappa shape index (κ1) is 19.8. The van der Waals surface area contributed by atoms with Crippen molar-refractivity contribution < 1.29 is 28.6 Å². The van der Waals surface area contributed by atoms with Crippen LogP contribution in [0.4, 0.5) is 0 Å². The van der Waals surface area contributed by atoms with E-state index in [2.05, 4.69) is 10.1 Å². The van der Waals surface area contributed by atoms with E-state index in [1.165, 1.54) is 0 Å². The van der Waals surface area contributed by atoms with Gasteiger partial charge in [-0.3, -0.25) is 9.59 Å². The second-order valence-corrected chi connectivity index (χ2v) is 6.15. The maximum Gasteiger partial charge on any atom is 0.396 e. The van der Waals surface area contributed by atoms with Gasteiger partial charge in [0.2, 0.25) is 0 Å². The summed E-state index contributed by atoms with van der Waals surface area (Å²) in [4.78, 5) is 34.5. The van der Waals surface area contributed by atoms with Crippen LogP contribution in [0, 0.1) is 5.92 Å². The SMILES string of the molecule is CCOC(=O)C1CCC(OC2=CC=C(NC(=O)C(=O)OC)C=CC2)CC1. The van der Waals surface area contributed by atoms with Crippen LogP contribution < -0.4 is 5.32 Å². The second kappa shape index (κ2) is 9.79. The van der Waals surface area contributed by atoms with E-state index in [0.29, 0.717) is 18.7 Å². The Morgan fingerprint density at radius 1 is 1.15 bits per heavy atom. The van der Waals surface area contributed by atoms with Crippen LogP contribution in [0.25, 0.3) is 0 Å². The summed E-state index contributed by atoms with van der Waals surface area (Å²) in [5.74, 6) is -1.13. The summed E-state index contributed by atoms with van der Waals surface area (Å²) in [6, 6.07) is 0. The number of ether oxygens (including phenoxy) is 3. The number of nitrogens with one attached hydrogen (secondary N) is 1. The highest BCUT2D eigenvalue weighted by Crippen LogP contribution is 2.29. The first-order valence-electron chi connectivity index (χ1n) is 8.83. The molecule has 7 nitrogen and oxygen atoms in total. The van der Waals surface area contributed by atoms with E-state index in [0.717, 1.165) is 38.6 Å². The summed E-state index contributed by atoms with van der Waals surface area (Å²) in [5, 5.41) is 2.47. The number of methoxy groups -OCH3 is 1. The summed E-state index contributed by atoms with van der Waals surface area (Å²) in [6.45, 7) is 2.23. The van der Waals surface area contributed by atoms with Gasteiger partial charge in [0.15, 0.2) is 0 Å². The Morgan fingerprint density at radius 2 is 1.88 bits per heavy atom. The number of hydrogen-bond donors (Lipinski definition) is 1. The molecule has 0 aromatic rings. The number of allylic oxidation sites excluding steroid dienone is 4. The van der Waals surface area contributed by atoms with E-state index < -0.39 is 11.9 Å². The van der Waals surface area contributed by atoms with Crippen LogP contribution in [0.2, 0.25) is 0 Å². The minimum Gasteiger partial charge on any atom is -0.494 e. The van der Waals surface area contributed by atoms with Crippen molar-refractivity contribution in [3.05, 3.63) is 35.8 Å². The molecule has 0 saturated heterocycles. The molecular weight excluding hydrogens is 338 g/mol. The molecule has 0 radical (unpaired) electrons. The summed E-state index contributed by atoms with van der Waals surface area (Å²) >= 11 is 0. The number of hydrogen-bond acceptors (Lipinski definition) is 6. The zero-order chi connectivity index (χ0) is 18.9. The van der Waals surface area contributed by atoms with E-state index in [1.54, 1.807) is 18.2 Å². The van der Waals surface area contributed by atoms with Gasteiger partial charge in [0.05, 0.1) is 25.7 Å². The Labute approximate surface area is 153 Å². The van der Waals surface area contributed by atoms with Crippen molar-refractivity contribution in [1.29, 1.82) is 0 Å². The molecule has 7 heteroatoms. The van der Waals surface area contributed by atoms with Crippen LogP contribution in [0.1, 0.15) is 39.0 Å². The van der Waals surface area contributed by atoms with Crippen LogP contribution in [0.3, 0.4) is 0 Å². The zero-order valence-electron chi connectivity index (χ0n) is 15.2. The number of esters is 2. The third kappa shape index (κ3) is 5.75. The number of amides is 1. The average molecular weight is 363 g/mol. The molecule has 142 valence electrons. The Bertz CT molecular complexity index is 626. The predicted octanol–water partition coefficient (Wildman–Crippen LogP) is 2.14. The van der Waals surface area contributed by atoms with E-state index in [4.69, 9.17) is 9.47 Å². The normalized spacial score (nSPS) is 22.4. The zero-order valence-corrected chi connectivity index (χ0v) is 15.2. The lowest BCUT2D eigenvalue weighted by Crippen LogP contribution is -2.30. The Morgan fingerprint density at radius 3 is 2.54 bits per heavy atom. The van der Waals surface area contributed by atoms with E-state index >= 15 is 0 Å². The van der Waals surface area contributed by atoms with E-state index in [-0.39, 0.29) is 18.0 Å². The van der Waals surface area contributed by atoms with Crippen LogP contribution in [-0.2, 0) is 28.6 Å². The molecule has 0 bridgehead atoms. The van der Waals surface area contributed by atoms with Gasteiger partial charge < -0.3 is 19.5 Å². The van der Waals surface area contributed by atoms with Crippen LogP contribution in [0.15, 0.2) is 35.8 Å². The van der Waals surface area contributed by atoms with Gasteiger partial charge in [0.25, 0.3) is 0 Å². The van der Waals surface area contributed by atoms with Crippen molar-refractivity contribution in [3.63, 3.8) is 0 Å². The molecule has 26 heavy (non-hydrogen) atoms. The molecule has 1 saturated carbocycles. The molecule has 0 spiro atoms. The lowest BCUT2D eigenvalue weighted by Gasteiger charge is -2.28. The van der Waals surface area contributed by atoms with Crippen molar-refractivity contribution in [2.45, 2.75) is 45.1 Å². The maximum atomic E-state index is 11.8. The molecule has 0 atom stereocenters. The first-order chi connectivity index (χ1) is 12.5. The van der Waals surface area contributed by atoms with Crippen LogP contribution >= 0.6 is 0 Å². The minimum atomic E-state index is -0.942. The second-order valence-electron chi connectivity index (χ2n) is 6.15. The third-order valence-electron chi connectivity index (χ3n) is 4.31. The van der Waals surface area contributed by atoms with Gasteiger partial charge >= 0.3 is 17.8 Å². The van der Waals surface area contributed by atoms with Gasteiger partial charge in [-0.1, -0.05) is 6.08 Å². The summed E-state index contributed by atoms with van der Waals surface area (Å²) in [7, 11) is 1.15. The molecule has 0 aliphatic heterocycles. The number of rotatable bonds is 5. The fraction of sp³-hybridized carbons (Fsp3) is 0.526. The minimum absolute atomic E-state index is 0.0298. The lowest BCUT2D eigenvalue weighted by atomic mass is 9.87. The summed E-state index contributed by atoms with van der Waals surface area (Å²) in [5.41, 5.74) is 0.491. The molecule has 0 heterocycles. The smallest absolute Gasteiger partial charge is 0.396 e.